The highest BCUT2D eigenvalue weighted by Gasteiger charge is 2.34. The number of amides is 1. The summed E-state index contributed by atoms with van der Waals surface area (Å²) in [6.45, 7) is 13.0. The Kier molecular flexibility index (Phi) is 6.11. The summed E-state index contributed by atoms with van der Waals surface area (Å²) in [4.78, 5) is 30.5. The molecule has 0 saturated heterocycles. The van der Waals surface area contributed by atoms with Crippen LogP contribution in [0.15, 0.2) is 16.3 Å². The smallest absolute Gasteiger partial charge is 0.416 e. The molecule has 1 amide bonds. The van der Waals surface area contributed by atoms with E-state index in [1.165, 1.54) is 11.2 Å². The Morgan fingerprint density at radius 3 is 2.43 bits per heavy atom. The molecule has 1 aliphatic rings. The molecule has 0 aromatic carbocycles. The zero-order valence-electron chi connectivity index (χ0n) is 15.2. The van der Waals surface area contributed by atoms with Gasteiger partial charge in [-0.3, -0.25) is 9.69 Å². The number of aliphatic imine (C=N–C) groups is 1. The van der Waals surface area contributed by atoms with E-state index in [2.05, 4.69) is 4.99 Å². The van der Waals surface area contributed by atoms with Gasteiger partial charge in [-0.15, -0.1) is 0 Å². The van der Waals surface area contributed by atoms with Crippen molar-refractivity contribution < 1.29 is 14.3 Å². The van der Waals surface area contributed by atoms with Crippen LogP contribution in [0.1, 0.15) is 54.9 Å². The number of hydrogen-bond acceptors (Lipinski definition) is 5. The molecule has 2 atom stereocenters. The van der Waals surface area contributed by atoms with Gasteiger partial charge in [0.25, 0.3) is 0 Å². The third kappa shape index (κ3) is 5.16. The van der Waals surface area contributed by atoms with Gasteiger partial charge < -0.3 is 10.5 Å². The molecule has 0 radical (unpaired) electrons. The molecule has 0 fully saturated rings. The van der Waals surface area contributed by atoms with E-state index in [-0.39, 0.29) is 5.78 Å². The number of Topliss-reactive ketones (excluding diaryl/α,β-unsaturated/α-hetero) is 1. The molecular formula is C17H29N3O3. The lowest BCUT2D eigenvalue weighted by Crippen LogP contribution is -2.47. The van der Waals surface area contributed by atoms with Crippen molar-refractivity contribution in [2.45, 2.75) is 72.6 Å². The summed E-state index contributed by atoms with van der Waals surface area (Å²) in [5.74, 6) is 0.160. The van der Waals surface area contributed by atoms with Gasteiger partial charge in [0, 0.05) is 11.3 Å². The number of nitrogens with two attached hydrogens (primary N) is 1. The number of nitrogens with zero attached hydrogens (tertiary/aromatic N) is 2. The third-order valence-electron chi connectivity index (χ3n) is 3.53. The first-order valence-corrected chi connectivity index (χ1v) is 8.00. The molecule has 6 nitrogen and oxygen atoms in total. The lowest BCUT2D eigenvalue weighted by atomic mass is 9.91. The zero-order valence-corrected chi connectivity index (χ0v) is 15.2. The molecule has 1 rings (SSSR count). The fraction of sp³-hybridized carbons (Fsp3) is 0.706. The number of rotatable bonds is 4. The highest BCUT2D eigenvalue weighted by Crippen LogP contribution is 2.24. The van der Waals surface area contributed by atoms with E-state index >= 15 is 0 Å². The second kappa shape index (κ2) is 7.25. The van der Waals surface area contributed by atoms with Crippen molar-refractivity contribution >= 4 is 18.2 Å². The normalized spacial score (nSPS) is 20.0. The fourth-order valence-electron chi connectivity index (χ4n) is 2.48. The van der Waals surface area contributed by atoms with Crippen molar-refractivity contribution in [2.24, 2.45) is 16.6 Å². The number of hydrogen-bond donors (Lipinski definition) is 1. The Morgan fingerprint density at radius 2 is 1.96 bits per heavy atom. The van der Waals surface area contributed by atoms with Crippen LogP contribution in [-0.4, -0.2) is 40.8 Å². The Balaban J connectivity index is 2.98. The minimum Gasteiger partial charge on any atom is -0.443 e. The molecule has 1 unspecified atom stereocenters. The van der Waals surface area contributed by atoms with Gasteiger partial charge in [-0.2, -0.15) is 0 Å². The van der Waals surface area contributed by atoms with E-state index < -0.39 is 23.8 Å². The molecule has 0 bridgehead atoms. The van der Waals surface area contributed by atoms with E-state index in [1.807, 2.05) is 13.8 Å². The van der Waals surface area contributed by atoms with Crippen LogP contribution in [0, 0.1) is 5.92 Å². The van der Waals surface area contributed by atoms with E-state index in [4.69, 9.17) is 10.5 Å². The van der Waals surface area contributed by atoms with Crippen molar-refractivity contribution in [2.75, 3.05) is 0 Å². The average Bonchev–Trinajstić information content (AvgIpc) is 2.35. The first-order valence-electron chi connectivity index (χ1n) is 8.00. The third-order valence-corrected chi connectivity index (χ3v) is 3.53. The molecular weight excluding hydrogens is 294 g/mol. The summed E-state index contributed by atoms with van der Waals surface area (Å²) in [6.07, 6.45) is 1.49. The maximum absolute atomic E-state index is 12.7. The van der Waals surface area contributed by atoms with Crippen LogP contribution in [0.5, 0.6) is 0 Å². The first kappa shape index (κ1) is 19.4. The molecule has 1 aliphatic heterocycles. The van der Waals surface area contributed by atoms with Crippen molar-refractivity contribution in [3.8, 4) is 0 Å². The number of carbonyl (C=O) groups excluding carboxylic acids is 2. The van der Waals surface area contributed by atoms with E-state index in [9.17, 15) is 9.59 Å². The van der Waals surface area contributed by atoms with Crippen LogP contribution < -0.4 is 5.73 Å². The second-order valence-electron chi connectivity index (χ2n) is 7.41. The minimum atomic E-state index is -0.612. The van der Waals surface area contributed by atoms with Gasteiger partial charge in [0.05, 0.1) is 12.1 Å². The van der Waals surface area contributed by atoms with Crippen LogP contribution in [0.2, 0.25) is 0 Å². The molecule has 2 N–H and O–H groups in total. The molecule has 6 heteroatoms. The Bertz CT molecular complexity index is 530. The van der Waals surface area contributed by atoms with E-state index in [0.717, 1.165) is 0 Å². The maximum Gasteiger partial charge on any atom is 0.416 e. The molecule has 0 saturated carbocycles. The van der Waals surface area contributed by atoms with Gasteiger partial charge in [0.15, 0.2) is 5.78 Å². The minimum absolute atomic E-state index is 0.158. The van der Waals surface area contributed by atoms with Crippen LogP contribution in [0.4, 0.5) is 4.79 Å². The van der Waals surface area contributed by atoms with Crippen LogP contribution in [-0.2, 0) is 9.53 Å². The van der Waals surface area contributed by atoms with Gasteiger partial charge in [0.1, 0.15) is 11.9 Å². The fourth-order valence-corrected chi connectivity index (χ4v) is 2.48. The van der Waals surface area contributed by atoms with Crippen molar-refractivity contribution in [3.05, 3.63) is 11.3 Å². The number of carbonyl (C=O) groups is 2. The van der Waals surface area contributed by atoms with Crippen LogP contribution >= 0.6 is 0 Å². The Labute approximate surface area is 138 Å². The average molecular weight is 323 g/mol. The van der Waals surface area contributed by atoms with Crippen molar-refractivity contribution in [1.29, 1.82) is 0 Å². The number of ketones is 1. The monoisotopic (exact) mass is 323 g/mol. The zero-order chi connectivity index (χ0) is 17.9. The second-order valence-corrected chi connectivity index (χ2v) is 7.41. The van der Waals surface area contributed by atoms with Crippen LogP contribution in [0.3, 0.4) is 0 Å². The lowest BCUT2D eigenvalue weighted by Gasteiger charge is -2.33. The Morgan fingerprint density at radius 1 is 1.39 bits per heavy atom. The molecule has 0 aromatic heterocycles. The van der Waals surface area contributed by atoms with Gasteiger partial charge in [-0.1, -0.05) is 13.8 Å². The molecule has 1 heterocycles. The van der Waals surface area contributed by atoms with Gasteiger partial charge in [-0.05, 0) is 47.0 Å². The summed E-state index contributed by atoms with van der Waals surface area (Å²) in [5.41, 5.74) is 6.49. The summed E-state index contributed by atoms with van der Waals surface area (Å²) in [6, 6.07) is -1.04. The van der Waals surface area contributed by atoms with E-state index in [1.54, 1.807) is 34.6 Å². The predicted molar refractivity (Wildman–Crippen MR) is 91.2 cm³/mol. The molecule has 23 heavy (non-hydrogen) atoms. The van der Waals surface area contributed by atoms with Crippen molar-refractivity contribution in [1.82, 2.24) is 4.90 Å². The first-order chi connectivity index (χ1) is 10.4. The standard InChI is InChI=1S/C17H29N3O3/c1-10(2)8-13(18)15(21)14-11(3)19-9-20(12(14)4)16(22)23-17(5,6)7/h9-10,12-13H,8,18H2,1-7H3/t12?,13-/m0/s1. The van der Waals surface area contributed by atoms with E-state index in [0.29, 0.717) is 23.6 Å². The summed E-state index contributed by atoms with van der Waals surface area (Å²) >= 11 is 0. The topological polar surface area (TPSA) is 85.0 Å². The van der Waals surface area contributed by atoms with Crippen molar-refractivity contribution in [3.63, 3.8) is 0 Å². The lowest BCUT2D eigenvalue weighted by molar-refractivity contribution is -0.117. The molecule has 130 valence electrons. The highest BCUT2D eigenvalue weighted by atomic mass is 16.6. The molecule has 0 spiro atoms. The quantitative estimate of drug-likeness (QED) is 0.862. The maximum atomic E-state index is 12.7. The van der Waals surface area contributed by atoms with Gasteiger partial charge in [-0.25, -0.2) is 9.79 Å². The number of allylic oxidation sites excluding steroid dienone is 1. The molecule has 0 aliphatic carbocycles. The molecule has 0 aromatic rings. The van der Waals surface area contributed by atoms with Gasteiger partial charge in [0.2, 0.25) is 0 Å². The van der Waals surface area contributed by atoms with Gasteiger partial charge >= 0.3 is 6.09 Å². The summed E-state index contributed by atoms with van der Waals surface area (Å²) in [7, 11) is 0. The highest BCUT2D eigenvalue weighted by molar-refractivity contribution is 6.03. The predicted octanol–water partition coefficient (Wildman–Crippen LogP) is 2.87. The summed E-state index contributed by atoms with van der Waals surface area (Å²) < 4.78 is 5.37. The Hall–Kier alpha value is -1.69. The largest absolute Gasteiger partial charge is 0.443 e. The number of ether oxygens (including phenoxy) is 1. The SMILES string of the molecule is CC1=C(C(=O)[C@@H](N)CC(C)C)C(C)N(C(=O)OC(C)(C)C)C=N1. The summed E-state index contributed by atoms with van der Waals surface area (Å²) in [5, 5.41) is 0. The van der Waals surface area contributed by atoms with Crippen LogP contribution in [0.25, 0.3) is 0 Å².